The molecule has 394 valence electrons. The van der Waals surface area contributed by atoms with Crippen LogP contribution in [0.4, 0.5) is 0 Å². The van der Waals surface area contributed by atoms with Gasteiger partial charge in [0.15, 0.2) is 25.2 Å². The second-order valence-electron chi connectivity index (χ2n) is 18.6. The molecule has 4 saturated heterocycles. The summed E-state index contributed by atoms with van der Waals surface area (Å²) < 4.78 is 83.7. The van der Waals surface area contributed by atoms with Gasteiger partial charge in [-0.2, -0.15) is 0 Å². The van der Waals surface area contributed by atoms with E-state index in [2.05, 4.69) is 0 Å². The van der Waals surface area contributed by atoms with Crippen molar-refractivity contribution < 1.29 is 71.4 Å². The molecule has 76 heavy (non-hydrogen) atoms. The minimum absolute atomic E-state index is 0.170. The molecule has 7 aromatic carbocycles. The van der Waals surface area contributed by atoms with E-state index < -0.39 is 0 Å². The van der Waals surface area contributed by atoms with Crippen LogP contribution in [-0.4, -0.2) is 58.0 Å². The number of aliphatic hydroxyl groups excluding tert-OH is 1. The van der Waals surface area contributed by atoms with Crippen molar-refractivity contribution in [1.82, 2.24) is 0 Å². The quantitative estimate of drug-likeness (QED) is 0.0647. The zero-order chi connectivity index (χ0) is 51.3. The van der Waals surface area contributed by atoms with Crippen LogP contribution in [0.3, 0.4) is 0 Å². The van der Waals surface area contributed by atoms with Gasteiger partial charge >= 0.3 is 0 Å². The van der Waals surface area contributed by atoms with Crippen molar-refractivity contribution in [3.8, 4) is 34.5 Å². The van der Waals surface area contributed by atoms with Gasteiger partial charge in [-0.1, -0.05) is 97.1 Å². The molecule has 0 amide bonds. The Balaban J connectivity index is 0.770. The van der Waals surface area contributed by atoms with Crippen molar-refractivity contribution >= 4 is 0 Å². The smallest absolute Gasteiger partial charge is 0.184 e. The number of aliphatic hydroxyl groups is 1. The Morgan fingerprint density at radius 3 is 0.671 bits per heavy atom. The monoisotopic (exact) mass is 1030 g/mol. The molecular formula is C61H60O15. The summed E-state index contributed by atoms with van der Waals surface area (Å²) in [5, 5.41) is 10.4. The first-order chi connectivity index (χ1) is 37.5. The van der Waals surface area contributed by atoms with E-state index in [9.17, 15) is 5.11 Å². The van der Waals surface area contributed by atoms with Crippen LogP contribution in [0.15, 0.2) is 152 Å². The highest BCUT2D eigenvalue weighted by atomic mass is 16.7. The Kier molecular flexibility index (Phi) is 17.0. The number of hydrogen-bond donors (Lipinski definition) is 1. The van der Waals surface area contributed by atoms with Crippen LogP contribution >= 0.6 is 0 Å². The molecule has 11 rings (SSSR count). The maximum Gasteiger partial charge on any atom is 0.184 e. The molecule has 15 nitrogen and oxygen atoms in total. The zero-order valence-corrected chi connectivity index (χ0v) is 42.0. The van der Waals surface area contributed by atoms with Crippen LogP contribution in [0, 0.1) is 0 Å². The fourth-order valence-electron chi connectivity index (χ4n) is 8.94. The lowest BCUT2D eigenvalue weighted by molar-refractivity contribution is -0.0443. The van der Waals surface area contributed by atoms with Crippen molar-refractivity contribution in [2.24, 2.45) is 0 Å². The molecule has 0 atom stereocenters. The van der Waals surface area contributed by atoms with Gasteiger partial charge in [-0.3, -0.25) is 0 Å². The lowest BCUT2D eigenvalue weighted by atomic mass is 10.1. The minimum atomic E-state index is -0.345. The third-order valence-electron chi connectivity index (χ3n) is 12.9. The highest BCUT2D eigenvalue weighted by molar-refractivity contribution is 5.43. The van der Waals surface area contributed by atoms with E-state index in [0.29, 0.717) is 119 Å². The molecule has 0 aliphatic carbocycles. The third-order valence-corrected chi connectivity index (χ3v) is 12.9. The lowest BCUT2D eigenvalue weighted by Gasteiger charge is -2.16. The average Bonchev–Trinajstić information content (AvgIpc) is 4.35. The van der Waals surface area contributed by atoms with Crippen LogP contribution in [-0.2, 0) is 84.1 Å². The molecule has 4 aliphatic heterocycles. The van der Waals surface area contributed by atoms with Gasteiger partial charge in [-0.05, 0) is 75.3 Å². The summed E-state index contributed by atoms with van der Waals surface area (Å²) in [5.41, 5.74) is 10.0. The van der Waals surface area contributed by atoms with Gasteiger partial charge in [-0.15, -0.1) is 0 Å². The van der Waals surface area contributed by atoms with Crippen LogP contribution < -0.4 is 28.4 Å². The summed E-state index contributed by atoms with van der Waals surface area (Å²) >= 11 is 0. The van der Waals surface area contributed by atoms with Gasteiger partial charge in [0.2, 0.25) is 0 Å². The van der Waals surface area contributed by atoms with Gasteiger partial charge in [0.25, 0.3) is 0 Å². The normalized spacial score (nSPS) is 16.3. The molecule has 0 unspecified atom stereocenters. The Morgan fingerprint density at radius 1 is 0.263 bits per heavy atom. The van der Waals surface area contributed by atoms with E-state index in [4.69, 9.17) is 66.3 Å². The standard InChI is InChI=1S/C61H60O15/c62-34-45-25-52(75-39-46-27-54(71-35-41-1-9-48(10-2-41)58-63-17-18-64-58)32-55(28-46)72-36-42-3-11-49(12-4-42)59-65-19-20-66-59)31-53(26-45)76-40-47-29-56(73-37-43-5-13-50(14-6-43)60-67-21-22-68-60)33-57(30-47)74-38-44-7-15-51(16-8-44)61-69-23-24-70-61/h1-16,25-33,58-62H,17-24,34-40H2. The molecule has 0 aromatic heterocycles. The predicted molar refractivity (Wildman–Crippen MR) is 276 cm³/mol. The second-order valence-corrected chi connectivity index (χ2v) is 18.6. The number of rotatable bonds is 23. The molecule has 0 radical (unpaired) electrons. The van der Waals surface area contributed by atoms with E-state index in [1.54, 1.807) is 12.1 Å². The highest BCUT2D eigenvalue weighted by Crippen LogP contribution is 2.33. The van der Waals surface area contributed by atoms with Gasteiger partial charge in [0, 0.05) is 40.5 Å². The predicted octanol–water partition coefficient (Wildman–Crippen LogP) is 10.8. The number of benzene rings is 7. The van der Waals surface area contributed by atoms with E-state index in [1.165, 1.54) is 0 Å². The summed E-state index contributed by atoms with van der Waals surface area (Å²) in [6, 6.07) is 48.9. The van der Waals surface area contributed by atoms with Gasteiger partial charge in [0.05, 0.1) is 59.5 Å². The largest absolute Gasteiger partial charge is 0.489 e. The molecular weight excluding hydrogens is 973 g/mol. The van der Waals surface area contributed by atoms with Crippen molar-refractivity contribution in [1.29, 1.82) is 0 Å². The van der Waals surface area contributed by atoms with Crippen molar-refractivity contribution in [2.75, 3.05) is 52.9 Å². The molecule has 0 spiro atoms. The Hall–Kier alpha value is -7.02. The molecule has 7 aromatic rings. The van der Waals surface area contributed by atoms with Crippen molar-refractivity contribution in [2.45, 2.75) is 71.4 Å². The molecule has 4 aliphatic rings. The summed E-state index contributed by atoms with van der Waals surface area (Å²) in [7, 11) is 0. The zero-order valence-electron chi connectivity index (χ0n) is 42.0. The molecule has 4 heterocycles. The maximum absolute atomic E-state index is 10.4. The third kappa shape index (κ3) is 13.9. The molecule has 0 saturated carbocycles. The number of hydrogen-bond acceptors (Lipinski definition) is 15. The summed E-state index contributed by atoms with van der Waals surface area (Å²) in [5.74, 6) is 3.47. The average molecular weight is 1030 g/mol. The Bertz CT molecular complexity index is 2580. The molecule has 15 heteroatoms. The fourth-order valence-corrected chi connectivity index (χ4v) is 8.94. The van der Waals surface area contributed by atoms with Gasteiger partial charge < -0.3 is 71.4 Å². The van der Waals surface area contributed by atoms with Crippen LogP contribution in [0.25, 0.3) is 0 Å². The Labute approximate surface area is 441 Å². The fraction of sp³-hybridized carbons (Fsp3) is 0.311. The minimum Gasteiger partial charge on any atom is -0.489 e. The van der Waals surface area contributed by atoms with E-state index in [0.717, 1.165) is 55.6 Å². The molecule has 4 fully saturated rings. The van der Waals surface area contributed by atoms with E-state index in [1.807, 2.05) is 140 Å². The summed E-state index contributed by atoms with van der Waals surface area (Å²) in [4.78, 5) is 0. The second kappa shape index (κ2) is 25.2. The van der Waals surface area contributed by atoms with Crippen LogP contribution in [0.1, 0.15) is 86.4 Å². The van der Waals surface area contributed by atoms with Gasteiger partial charge in [-0.25, -0.2) is 0 Å². The molecule has 1 N–H and O–H groups in total. The highest BCUT2D eigenvalue weighted by Gasteiger charge is 2.22. The number of ether oxygens (including phenoxy) is 14. The van der Waals surface area contributed by atoms with Gasteiger partial charge in [0.1, 0.15) is 74.1 Å². The first-order valence-electron chi connectivity index (χ1n) is 25.6. The van der Waals surface area contributed by atoms with Crippen molar-refractivity contribution in [3.05, 3.63) is 213 Å². The van der Waals surface area contributed by atoms with Crippen molar-refractivity contribution in [3.63, 3.8) is 0 Å². The van der Waals surface area contributed by atoms with Crippen LogP contribution in [0.2, 0.25) is 0 Å². The van der Waals surface area contributed by atoms with E-state index >= 15 is 0 Å². The lowest BCUT2D eigenvalue weighted by Crippen LogP contribution is -2.04. The first kappa shape index (κ1) is 51.1. The summed E-state index contributed by atoms with van der Waals surface area (Å²) in [6.45, 7) is 6.08. The topological polar surface area (TPSA) is 149 Å². The Morgan fingerprint density at radius 2 is 0.461 bits per heavy atom. The first-order valence-corrected chi connectivity index (χ1v) is 25.6. The van der Waals surface area contributed by atoms with E-state index in [-0.39, 0.29) is 45.0 Å². The maximum atomic E-state index is 10.4. The molecule has 0 bridgehead atoms. The van der Waals surface area contributed by atoms with Crippen LogP contribution in [0.5, 0.6) is 34.5 Å². The SMILES string of the molecule is OCc1cc(OCc2cc(OCc3ccc(C4OCCO4)cc3)cc(OCc3ccc(C4OCCO4)cc3)c2)cc(OCc2cc(OCc3ccc(C4OCCO4)cc3)cc(OCc3ccc(C4OCCO4)cc3)c2)c1. The summed E-state index contributed by atoms with van der Waals surface area (Å²) in [6.07, 6.45) is -1.38.